The highest BCUT2D eigenvalue weighted by molar-refractivity contribution is 9.10. The van der Waals surface area contributed by atoms with Crippen LogP contribution >= 0.6 is 15.9 Å². The maximum Gasteiger partial charge on any atom is 0.413 e. The molecule has 3 aromatic rings. The van der Waals surface area contributed by atoms with E-state index < -0.39 is 6.09 Å². The Morgan fingerprint density at radius 2 is 1.84 bits per heavy atom. The van der Waals surface area contributed by atoms with Gasteiger partial charge in [0, 0.05) is 17.1 Å². The van der Waals surface area contributed by atoms with Crippen molar-refractivity contribution in [3.63, 3.8) is 0 Å². The van der Waals surface area contributed by atoms with Crippen LogP contribution in [0.5, 0.6) is 0 Å². The highest BCUT2D eigenvalue weighted by Gasteiger charge is 2.17. The smallest absolute Gasteiger partial charge is 0.413 e. The van der Waals surface area contributed by atoms with Gasteiger partial charge in [-0.15, -0.1) is 0 Å². The molecule has 1 atom stereocenters. The van der Waals surface area contributed by atoms with Crippen molar-refractivity contribution in [1.82, 2.24) is 9.78 Å². The van der Waals surface area contributed by atoms with Gasteiger partial charge in [-0.3, -0.25) is 10.00 Å². The highest BCUT2D eigenvalue weighted by atomic mass is 79.9. The molecule has 1 aromatic heterocycles. The van der Waals surface area contributed by atoms with Crippen LogP contribution < -0.4 is 5.32 Å². The molecule has 0 saturated heterocycles. The van der Waals surface area contributed by atoms with E-state index in [1.165, 1.54) is 0 Å². The first kappa shape index (κ1) is 17.2. The molecule has 0 unspecified atom stereocenters. The number of nitrogens with one attached hydrogen (secondary N) is 1. The molecule has 128 valence electrons. The zero-order chi connectivity index (χ0) is 17.8. The lowest BCUT2D eigenvalue weighted by Crippen LogP contribution is -2.18. The van der Waals surface area contributed by atoms with E-state index >= 15 is 0 Å². The SMILES string of the molecule is C[C@@H](OC(=O)Nc1c(-c2ccc(Br)cc2)cnn1C)c1ccccc1. The molecule has 5 nitrogen and oxygen atoms in total. The first-order chi connectivity index (χ1) is 12.0. The van der Waals surface area contributed by atoms with Crippen LogP contribution in [0.3, 0.4) is 0 Å². The summed E-state index contributed by atoms with van der Waals surface area (Å²) in [4.78, 5) is 12.3. The number of aromatic nitrogens is 2. The summed E-state index contributed by atoms with van der Waals surface area (Å²) in [6.07, 6.45) is 0.864. The van der Waals surface area contributed by atoms with Crippen molar-refractivity contribution in [3.05, 3.63) is 70.8 Å². The van der Waals surface area contributed by atoms with Gasteiger partial charge in [-0.25, -0.2) is 4.79 Å². The molecule has 2 aromatic carbocycles. The molecule has 1 heterocycles. The number of nitrogens with zero attached hydrogens (tertiary/aromatic N) is 2. The van der Waals surface area contributed by atoms with Gasteiger partial charge in [0.2, 0.25) is 0 Å². The minimum absolute atomic E-state index is 0.342. The molecule has 3 rings (SSSR count). The number of hydrogen-bond acceptors (Lipinski definition) is 3. The molecular weight excluding hydrogens is 382 g/mol. The van der Waals surface area contributed by atoms with Gasteiger partial charge in [0.1, 0.15) is 11.9 Å². The standard InChI is InChI=1S/C19H18BrN3O2/c1-13(14-6-4-3-5-7-14)25-19(24)22-18-17(12-21-23(18)2)15-8-10-16(20)11-9-15/h3-13H,1-2H3,(H,22,24)/t13-/m1/s1. The summed E-state index contributed by atoms with van der Waals surface area (Å²) < 4.78 is 8.08. The number of amides is 1. The molecule has 0 fully saturated rings. The Kier molecular flexibility index (Phi) is 5.19. The predicted molar refractivity (Wildman–Crippen MR) is 101 cm³/mol. The Bertz CT molecular complexity index is 860. The van der Waals surface area contributed by atoms with Gasteiger partial charge in [-0.05, 0) is 30.2 Å². The van der Waals surface area contributed by atoms with Crippen LogP contribution in [0, 0.1) is 0 Å². The van der Waals surface area contributed by atoms with Crippen LogP contribution in [0.15, 0.2) is 65.3 Å². The Hall–Kier alpha value is -2.60. The predicted octanol–water partition coefficient (Wildman–Crippen LogP) is 5.16. The first-order valence-corrected chi connectivity index (χ1v) is 8.64. The zero-order valence-electron chi connectivity index (χ0n) is 13.9. The third-order valence-corrected chi connectivity index (χ3v) is 4.40. The van der Waals surface area contributed by atoms with Crippen molar-refractivity contribution < 1.29 is 9.53 Å². The molecule has 0 aliphatic heterocycles. The van der Waals surface area contributed by atoms with Crippen molar-refractivity contribution in [1.29, 1.82) is 0 Å². The monoisotopic (exact) mass is 399 g/mol. The fraction of sp³-hybridized carbons (Fsp3) is 0.158. The van der Waals surface area contributed by atoms with Crippen molar-refractivity contribution in [2.24, 2.45) is 7.05 Å². The number of carbonyl (C=O) groups is 1. The summed E-state index contributed by atoms with van der Waals surface area (Å²) in [5.41, 5.74) is 2.73. The van der Waals surface area contributed by atoms with Crippen LogP contribution in [0.2, 0.25) is 0 Å². The minimum Gasteiger partial charge on any atom is -0.441 e. The van der Waals surface area contributed by atoms with Gasteiger partial charge in [0.05, 0.1) is 6.20 Å². The van der Waals surface area contributed by atoms with Crippen LogP contribution in [-0.4, -0.2) is 15.9 Å². The second-order valence-electron chi connectivity index (χ2n) is 5.62. The molecule has 6 heteroatoms. The van der Waals surface area contributed by atoms with E-state index in [1.54, 1.807) is 17.9 Å². The number of halogens is 1. The van der Waals surface area contributed by atoms with Crippen LogP contribution in [0.25, 0.3) is 11.1 Å². The number of hydrogen-bond donors (Lipinski definition) is 1. The van der Waals surface area contributed by atoms with Gasteiger partial charge in [-0.2, -0.15) is 5.10 Å². The Morgan fingerprint density at radius 3 is 2.52 bits per heavy atom. The zero-order valence-corrected chi connectivity index (χ0v) is 15.5. The summed E-state index contributed by atoms with van der Waals surface area (Å²) in [6.45, 7) is 1.84. The maximum absolute atomic E-state index is 12.3. The van der Waals surface area contributed by atoms with E-state index in [0.29, 0.717) is 5.82 Å². The second kappa shape index (κ2) is 7.53. The quantitative estimate of drug-likeness (QED) is 0.658. The summed E-state index contributed by atoms with van der Waals surface area (Å²) in [5.74, 6) is 0.590. The second-order valence-corrected chi connectivity index (χ2v) is 6.54. The van der Waals surface area contributed by atoms with Gasteiger partial charge in [0.15, 0.2) is 0 Å². The number of aryl methyl sites for hydroxylation is 1. The molecule has 0 bridgehead atoms. The average Bonchev–Trinajstić information content (AvgIpc) is 2.97. The normalized spacial score (nSPS) is 11.8. The van der Waals surface area contributed by atoms with Crippen molar-refractivity contribution >= 4 is 27.8 Å². The van der Waals surface area contributed by atoms with Gasteiger partial charge >= 0.3 is 6.09 Å². The maximum atomic E-state index is 12.3. The molecule has 0 aliphatic rings. The Balaban J connectivity index is 1.75. The number of rotatable bonds is 4. The fourth-order valence-electron chi connectivity index (χ4n) is 2.51. The minimum atomic E-state index is -0.515. The average molecular weight is 400 g/mol. The molecule has 0 spiro atoms. The Morgan fingerprint density at radius 1 is 1.16 bits per heavy atom. The third kappa shape index (κ3) is 4.09. The number of ether oxygens (including phenoxy) is 1. The molecular formula is C19H18BrN3O2. The molecule has 25 heavy (non-hydrogen) atoms. The first-order valence-electron chi connectivity index (χ1n) is 7.85. The highest BCUT2D eigenvalue weighted by Crippen LogP contribution is 2.29. The van der Waals surface area contributed by atoms with Gasteiger partial charge in [-0.1, -0.05) is 58.4 Å². The molecule has 0 radical (unpaired) electrons. The van der Waals surface area contributed by atoms with E-state index in [1.807, 2.05) is 61.5 Å². The summed E-state index contributed by atoms with van der Waals surface area (Å²) >= 11 is 3.42. The summed E-state index contributed by atoms with van der Waals surface area (Å²) in [7, 11) is 1.78. The molecule has 0 aliphatic carbocycles. The van der Waals surface area contributed by atoms with Crippen LogP contribution in [0.4, 0.5) is 10.6 Å². The van der Waals surface area contributed by atoms with Gasteiger partial charge < -0.3 is 4.74 Å². The summed E-state index contributed by atoms with van der Waals surface area (Å²) in [6, 6.07) is 17.4. The lowest BCUT2D eigenvalue weighted by Gasteiger charge is -2.15. The molecule has 1 amide bonds. The van der Waals surface area contributed by atoms with E-state index in [9.17, 15) is 4.79 Å². The van der Waals surface area contributed by atoms with E-state index in [0.717, 1.165) is 21.2 Å². The largest absolute Gasteiger partial charge is 0.441 e. The fourth-order valence-corrected chi connectivity index (χ4v) is 2.77. The lowest BCUT2D eigenvalue weighted by molar-refractivity contribution is 0.121. The number of carbonyl (C=O) groups excluding carboxylic acids is 1. The Labute approximate surface area is 154 Å². The van der Waals surface area contributed by atoms with E-state index in [4.69, 9.17) is 4.74 Å². The van der Waals surface area contributed by atoms with Gasteiger partial charge in [0.25, 0.3) is 0 Å². The van der Waals surface area contributed by atoms with Crippen molar-refractivity contribution in [2.75, 3.05) is 5.32 Å². The lowest BCUT2D eigenvalue weighted by atomic mass is 10.1. The third-order valence-electron chi connectivity index (χ3n) is 3.87. The van der Waals surface area contributed by atoms with Crippen molar-refractivity contribution in [2.45, 2.75) is 13.0 Å². The topological polar surface area (TPSA) is 56.1 Å². The van der Waals surface area contributed by atoms with Crippen LogP contribution in [0.1, 0.15) is 18.6 Å². The molecule has 1 N–H and O–H groups in total. The van der Waals surface area contributed by atoms with Crippen molar-refractivity contribution in [3.8, 4) is 11.1 Å². The van der Waals surface area contributed by atoms with E-state index in [-0.39, 0.29) is 6.10 Å². The number of anilines is 1. The molecule has 0 saturated carbocycles. The number of benzene rings is 2. The van der Waals surface area contributed by atoms with E-state index in [2.05, 4.69) is 26.3 Å². The summed E-state index contributed by atoms with van der Waals surface area (Å²) in [5, 5.41) is 7.04. The van der Waals surface area contributed by atoms with Crippen LogP contribution in [-0.2, 0) is 11.8 Å².